The van der Waals surface area contributed by atoms with Gasteiger partial charge >= 0.3 is 0 Å². The van der Waals surface area contributed by atoms with Gasteiger partial charge < -0.3 is 15.4 Å². The Bertz CT molecular complexity index is 624. The van der Waals surface area contributed by atoms with Crippen molar-refractivity contribution in [2.24, 2.45) is 4.99 Å². The third kappa shape index (κ3) is 3.39. The maximum absolute atomic E-state index is 13.3. The number of hydrogen-bond donors (Lipinski definition) is 2. The summed E-state index contributed by atoms with van der Waals surface area (Å²) in [5, 5.41) is 7.09. The molecule has 3 unspecified atom stereocenters. The zero-order valence-corrected chi connectivity index (χ0v) is 14.9. The first-order valence-electron chi connectivity index (χ1n) is 9.57. The van der Waals surface area contributed by atoms with Crippen molar-refractivity contribution >= 4 is 5.96 Å². The molecule has 2 saturated heterocycles. The van der Waals surface area contributed by atoms with Crippen molar-refractivity contribution < 1.29 is 9.13 Å². The number of aliphatic imine (C=N–C) groups is 1. The van der Waals surface area contributed by atoms with E-state index < -0.39 is 0 Å². The lowest BCUT2D eigenvalue weighted by molar-refractivity contribution is 0.0992. The van der Waals surface area contributed by atoms with Crippen molar-refractivity contribution in [2.45, 2.75) is 68.6 Å². The summed E-state index contributed by atoms with van der Waals surface area (Å²) in [4.78, 5) is 4.41. The van der Waals surface area contributed by atoms with Crippen LogP contribution in [0.15, 0.2) is 29.3 Å². The van der Waals surface area contributed by atoms with Crippen LogP contribution in [0.5, 0.6) is 0 Å². The molecule has 2 heterocycles. The van der Waals surface area contributed by atoms with Crippen molar-refractivity contribution in [3.05, 3.63) is 35.6 Å². The van der Waals surface area contributed by atoms with E-state index in [0.29, 0.717) is 18.2 Å². The lowest BCUT2D eigenvalue weighted by Gasteiger charge is -2.31. The summed E-state index contributed by atoms with van der Waals surface area (Å²) in [7, 11) is 1.82. The van der Waals surface area contributed by atoms with Gasteiger partial charge in [-0.3, -0.25) is 4.99 Å². The zero-order chi connectivity index (χ0) is 17.3. The van der Waals surface area contributed by atoms with E-state index in [1.54, 1.807) is 12.1 Å². The van der Waals surface area contributed by atoms with Crippen molar-refractivity contribution in [3.63, 3.8) is 0 Å². The fraction of sp³-hybridized carbons (Fsp3) is 0.650. The molecule has 0 aromatic heterocycles. The van der Waals surface area contributed by atoms with E-state index in [1.165, 1.54) is 24.8 Å². The standard InChI is InChI=1S/C20H28FN3O/c1-22-19(24-17-12-16-8-9-18(17)25-16)23-13-20(10-2-3-11-20)14-4-6-15(21)7-5-14/h4-7,16-18H,2-3,8-13H2,1H3,(H2,22,23,24). The Hall–Kier alpha value is -1.62. The van der Waals surface area contributed by atoms with Crippen molar-refractivity contribution in [1.82, 2.24) is 10.6 Å². The first-order chi connectivity index (χ1) is 12.2. The lowest BCUT2D eigenvalue weighted by Crippen LogP contribution is -2.50. The quantitative estimate of drug-likeness (QED) is 0.651. The SMILES string of the molecule is CN=C(NCC1(c2ccc(F)cc2)CCCC1)NC1CC2CCC1O2. The molecule has 25 heavy (non-hydrogen) atoms. The summed E-state index contributed by atoms with van der Waals surface area (Å²) in [5.41, 5.74) is 1.31. The number of nitrogens with one attached hydrogen (secondary N) is 2. The average Bonchev–Trinajstić information content (AvgIpc) is 3.36. The molecule has 4 nitrogen and oxygen atoms in total. The van der Waals surface area contributed by atoms with Crippen molar-refractivity contribution in [2.75, 3.05) is 13.6 Å². The number of guanidine groups is 1. The van der Waals surface area contributed by atoms with E-state index >= 15 is 0 Å². The molecular formula is C20H28FN3O. The maximum atomic E-state index is 13.3. The molecule has 0 amide bonds. The predicted molar refractivity (Wildman–Crippen MR) is 97.3 cm³/mol. The fourth-order valence-electron chi connectivity index (χ4n) is 4.84. The van der Waals surface area contributed by atoms with Gasteiger partial charge in [-0.05, 0) is 49.8 Å². The number of ether oxygens (including phenoxy) is 1. The van der Waals surface area contributed by atoms with Crippen LogP contribution >= 0.6 is 0 Å². The minimum Gasteiger partial charge on any atom is -0.373 e. The molecule has 1 saturated carbocycles. The average molecular weight is 345 g/mol. The topological polar surface area (TPSA) is 45.7 Å². The maximum Gasteiger partial charge on any atom is 0.191 e. The van der Waals surface area contributed by atoms with Crippen LogP contribution in [0.3, 0.4) is 0 Å². The summed E-state index contributed by atoms with van der Waals surface area (Å²) < 4.78 is 19.2. The molecule has 0 radical (unpaired) electrons. The van der Waals surface area contributed by atoms with Crippen molar-refractivity contribution in [3.8, 4) is 0 Å². The van der Waals surface area contributed by atoms with E-state index in [1.807, 2.05) is 19.2 Å². The largest absolute Gasteiger partial charge is 0.373 e. The Morgan fingerprint density at radius 1 is 1.24 bits per heavy atom. The van der Waals surface area contributed by atoms with E-state index in [0.717, 1.165) is 38.2 Å². The molecule has 2 N–H and O–H groups in total. The molecule has 1 aliphatic carbocycles. The molecular weight excluding hydrogens is 317 g/mol. The summed E-state index contributed by atoms with van der Waals surface area (Å²) in [6.07, 6.45) is 8.92. The van der Waals surface area contributed by atoms with Gasteiger partial charge in [0.05, 0.1) is 18.2 Å². The van der Waals surface area contributed by atoms with Crippen LogP contribution in [0.1, 0.15) is 50.5 Å². The molecule has 3 fully saturated rings. The highest BCUT2D eigenvalue weighted by molar-refractivity contribution is 5.80. The molecule has 1 aromatic carbocycles. The van der Waals surface area contributed by atoms with Gasteiger partial charge in [-0.25, -0.2) is 4.39 Å². The minimum absolute atomic E-state index is 0.0799. The summed E-state index contributed by atoms with van der Waals surface area (Å²) in [6, 6.07) is 7.42. The number of halogens is 1. The number of nitrogens with zero attached hydrogens (tertiary/aromatic N) is 1. The van der Waals surface area contributed by atoms with Crippen LogP contribution in [-0.2, 0) is 10.2 Å². The number of benzene rings is 1. The summed E-state index contributed by atoms with van der Waals surface area (Å²) in [6.45, 7) is 0.833. The fourth-order valence-corrected chi connectivity index (χ4v) is 4.84. The van der Waals surface area contributed by atoms with Gasteiger partial charge in [0.2, 0.25) is 0 Å². The molecule has 0 spiro atoms. The summed E-state index contributed by atoms with van der Waals surface area (Å²) >= 11 is 0. The van der Waals surface area contributed by atoms with Gasteiger partial charge in [0.15, 0.2) is 5.96 Å². The van der Waals surface area contributed by atoms with Crippen LogP contribution < -0.4 is 10.6 Å². The second-order valence-corrected chi connectivity index (χ2v) is 7.78. The second-order valence-electron chi connectivity index (χ2n) is 7.78. The van der Waals surface area contributed by atoms with Gasteiger partial charge in [0, 0.05) is 19.0 Å². The smallest absolute Gasteiger partial charge is 0.191 e. The minimum atomic E-state index is -0.168. The first kappa shape index (κ1) is 16.8. The number of hydrogen-bond acceptors (Lipinski definition) is 2. The molecule has 136 valence electrons. The van der Waals surface area contributed by atoms with E-state index in [2.05, 4.69) is 15.6 Å². The van der Waals surface area contributed by atoms with Crippen LogP contribution in [0.2, 0.25) is 0 Å². The zero-order valence-electron chi connectivity index (χ0n) is 14.9. The Morgan fingerprint density at radius 2 is 2.00 bits per heavy atom. The van der Waals surface area contributed by atoms with Crippen LogP contribution in [0, 0.1) is 5.82 Å². The molecule has 4 rings (SSSR count). The highest BCUT2D eigenvalue weighted by Crippen LogP contribution is 2.40. The van der Waals surface area contributed by atoms with Gasteiger partial charge in [0.1, 0.15) is 5.82 Å². The molecule has 2 bridgehead atoms. The Kier molecular flexibility index (Phi) is 4.67. The van der Waals surface area contributed by atoms with Crippen molar-refractivity contribution in [1.29, 1.82) is 0 Å². The van der Waals surface area contributed by atoms with Gasteiger partial charge in [-0.15, -0.1) is 0 Å². The Labute approximate surface area is 149 Å². The molecule has 1 aromatic rings. The first-order valence-corrected chi connectivity index (χ1v) is 9.57. The van der Waals surface area contributed by atoms with E-state index in [-0.39, 0.29) is 11.2 Å². The molecule has 3 atom stereocenters. The second kappa shape index (κ2) is 6.94. The van der Waals surface area contributed by atoms with Gasteiger partial charge in [-0.2, -0.15) is 0 Å². The van der Waals surface area contributed by atoms with E-state index in [4.69, 9.17) is 4.74 Å². The normalized spacial score (nSPS) is 30.6. The van der Waals surface area contributed by atoms with Gasteiger partial charge in [-0.1, -0.05) is 25.0 Å². The third-order valence-corrected chi connectivity index (χ3v) is 6.26. The lowest BCUT2D eigenvalue weighted by atomic mass is 9.79. The predicted octanol–water partition coefficient (Wildman–Crippen LogP) is 3.12. The highest BCUT2D eigenvalue weighted by atomic mass is 19.1. The molecule has 5 heteroatoms. The van der Waals surface area contributed by atoms with Crippen LogP contribution in [-0.4, -0.2) is 37.8 Å². The van der Waals surface area contributed by atoms with E-state index in [9.17, 15) is 4.39 Å². The van der Waals surface area contributed by atoms with Crippen LogP contribution in [0.25, 0.3) is 0 Å². The Balaban J connectivity index is 1.41. The summed E-state index contributed by atoms with van der Waals surface area (Å²) in [5.74, 6) is 0.688. The monoisotopic (exact) mass is 345 g/mol. The number of rotatable bonds is 4. The Morgan fingerprint density at radius 3 is 2.60 bits per heavy atom. The third-order valence-electron chi connectivity index (χ3n) is 6.26. The van der Waals surface area contributed by atoms with Crippen LogP contribution in [0.4, 0.5) is 4.39 Å². The van der Waals surface area contributed by atoms with Gasteiger partial charge in [0.25, 0.3) is 0 Å². The highest BCUT2D eigenvalue weighted by Gasteiger charge is 2.41. The molecule has 3 aliphatic rings. The number of fused-ring (bicyclic) bond motifs is 2. The molecule has 2 aliphatic heterocycles.